The molecule has 0 aliphatic heterocycles. The Morgan fingerprint density at radius 3 is 2.67 bits per heavy atom. The topological polar surface area (TPSA) is 23.8 Å². The van der Waals surface area contributed by atoms with Crippen LogP contribution in [0.15, 0.2) is 22.7 Å². The van der Waals surface area contributed by atoms with Gasteiger partial charge in [-0.25, -0.2) is 0 Å². The number of halogens is 1. The minimum absolute atomic E-state index is 0.359. The number of nitrogens with zero attached hydrogens (tertiary/aromatic N) is 1. The maximum atomic E-state index is 9.32. The summed E-state index contributed by atoms with van der Waals surface area (Å²) in [4.78, 5) is 0. The first-order chi connectivity index (χ1) is 7.03. The largest absolute Gasteiger partial charge is 0.197 e. The van der Waals surface area contributed by atoms with Gasteiger partial charge in [-0.15, -0.1) is 0 Å². The number of benzene rings is 1. The molecule has 0 amide bonds. The van der Waals surface area contributed by atoms with Gasteiger partial charge in [-0.1, -0.05) is 35.3 Å². The lowest BCUT2D eigenvalue weighted by atomic mass is 9.78. The molecule has 15 heavy (non-hydrogen) atoms. The van der Waals surface area contributed by atoms with E-state index in [4.69, 9.17) is 0 Å². The van der Waals surface area contributed by atoms with Gasteiger partial charge in [-0.2, -0.15) is 5.26 Å². The van der Waals surface area contributed by atoms with Crippen molar-refractivity contribution in [2.45, 2.75) is 39.0 Å². The summed E-state index contributed by atoms with van der Waals surface area (Å²) in [6, 6.07) is 8.58. The van der Waals surface area contributed by atoms with Crippen LogP contribution in [-0.4, -0.2) is 0 Å². The molecule has 0 N–H and O–H groups in total. The summed E-state index contributed by atoms with van der Waals surface area (Å²) in [5.74, 6) is 0. The minimum atomic E-state index is -0.359. The van der Waals surface area contributed by atoms with E-state index in [1.165, 1.54) is 5.56 Å². The molecule has 0 heterocycles. The Kier molecular flexibility index (Phi) is 3.93. The van der Waals surface area contributed by atoms with Crippen molar-refractivity contribution < 1.29 is 0 Å². The molecule has 0 bridgehead atoms. The quantitative estimate of drug-likeness (QED) is 0.798. The first-order valence-corrected chi connectivity index (χ1v) is 6.00. The van der Waals surface area contributed by atoms with Crippen LogP contribution in [0.2, 0.25) is 0 Å². The van der Waals surface area contributed by atoms with Gasteiger partial charge in [0.1, 0.15) is 0 Å². The van der Waals surface area contributed by atoms with Gasteiger partial charge in [0.25, 0.3) is 0 Å². The Morgan fingerprint density at radius 2 is 2.13 bits per heavy atom. The van der Waals surface area contributed by atoms with Gasteiger partial charge in [0.05, 0.1) is 11.5 Å². The van der Waals surface area contributed by atoms with Crippen molar-refractivity contribution in [3.63, 3.8) is 0 Å². The average molecular weight is 266 g/mol. The number of nitriles is 1. The fraction of sp³-hybridized carbons (Fsp3) is 0.462. The van der Waals surface area contributed by atoms with Gasteiger partial charge >= 0.3 is 0 Å². The summed E-state index contributed by atoms with van der Waals surface area (Å²) in [7, 11) is 0. The highest BCUT2D eigenvalue weighted by Crippen LogP contribution is 2.32. The molecule has 1 nitrogen and oxygen atoms in total. The van der Waals surface area contributed by atoms with Crippen LogP contribution in [0.1, 0.15) is 37.8 Å². The minimum Gasteiger partial charge on any atom is -0.197 e. The molecule has 1 atom stereocenters. The lowest BCUT2D eigenvalue weighted by molar-refractivity contribution is 0.541. The van der Waals surface area contributed by atoms with E-state index >= 15 is 0 Å². The first kappa shape index (κ1) is 12.3. The first-order valence-electron chi connectivity index (χ1n) is 5.21. The molecule has 0 aliphatic rings. The van der Waals surface area contributed by atoms with Crippen LogP contribution in [-0.2, 0) is 5.41 Å². The second-order valence-electron chi connectivity index (χ2n) is 4.15. The smallest absolute Gasteiger partial charge is 0.0797 e. The lowest BCUT2D eigenvalue weighted by Crippen LogP contribution is -2.20. The summed E-state index contributed by atoms with van der Waals surface area (Å²) in [5.41, 5.74) is 1.97. The van der Waals surface area contributed by atoms with E-state index < -0.39 is 0 Å². The van der Waals surface area contributed by atoms with Gasteiger partial charge in [0, 0.05) is 4.47 Å². The molecule has 0 saturated carbocycles. The second kappa shape index (κ2) is 4.81. The maximum absolute atomic E-state index is 9.32. The van der Waals surface area contributed by atoms with Crippen molar-refractivity contribution in [2.24, 2.45) is 0 Å². The zero-order valence-electron chi connectivity index (χ0n) is 9.47. The molecule has 1 unspecified atom stereocenters. The molecular weight excluding hydrogens is 250 g/mol. The molecule has 1 aromatic carbocycles. The van der Waals surface area contributed by atoms with Crippen LogP contribution in [0.4, 0.5) is 0 Å². The normalized spacial score (nSPS) is 14.3. The summed E-state index contributed by atoms with van der Waals surface area (Å²) < 4.78 is 1.04. The predicted octanol–water partition coefficient (Wildman–Crippen LogP) is 4.34. The maximum Gasteiger partial charge on any atom is 0.0797 e. The third-order valence-corrected chi connectivity index (χ3v) is 3.28. The summed E-state index contributed by atoms with van der Waals surface area (Å²) in [6.07, 6.45) is 1.93. The van der Waals surface area contributed by atoms with E-state index in [0.29, 0.717) is 0 Å². The van der Waals surface area contributed by atoms with Crippen molar-refractivity contribution in [1.82, 2.24) is 0 Å². The molecule has 0 aromatic heterocycles. The van der Waals surface area contributed by atoms with Crippen LogP contribution in [0, 0.1) is 18.3 Å². The second-order valence-corrected chi connectivity index (χ2v) is 5.07. The highest BCUT2D eigenvalue weighted by atomic mass is 79.9. The van der Waals surface area contributed by atoms with Crippen LogP contribution in [0.5, 0.6) is 0 Å². The molecule has 80 valence electrons. The molecule has 0 aliphatic carbocycles. The number of hydrogen-bond donors (Lipinski definition) is 0. The van der Waals surface area contributed by atoms with Gasteiger partial charge in [0.2, 0.25) is 0 Å². The fourth-order valence-corrected chi connectivity index (χ4v) is 2.30. The van der Waals surface area contributed by atoms with Gasteiger partial charge < -0.3 is 0 Å². The third-order valence-electron chi connectivity index (χ3n) is 2.79. The van der Waals surface area contributed by atoms with Crippen molar-refractivity contribution in [2.75, 3.05) is 0 Å². The molecular formula is C13H16BrN. The van der Waals surface area contributed by atoms with Crippen molar-refractivity contribution in [1.29, 1.82) is 5.26 Å². The SMILES string of the molecule is CCCC(C)(C#N)c1cc(Br)ccc1C. The molecule has 0 radical (unpaired) electrons. The number of rotatable bonds is 3. The number of hydrogen-bond acceptors (Lipinski definition) is 1. The van der Waals surface area contributed by atoms with E-state index in [9.17, 15) is 5.26 Å². The van der Waals surface area contributed by atoms with Gasteiger partial charge in [-0.3, -0.25) is 0 Å². The van der Waals surface area contributed by atoms with Gasteiger partial charge in [0.15, 0.2) is 0 Å². The van der Waals surface area contributed by atoms with Crippen LogP contribution in [0.25, 0.3) is 0 Å². The van der Waals surface area contributed by atoms with Crippen molar-refractivity contribution in [3.8, 4) is 6.07 Å². The van der Waals surface area contributed by atoms with Crippen LogP contribution >= 0.6 is 15.9 Å². The Morgan fingerprint density at radius 1 is 1.47 bits per heavy atom. The zero-order valence-corrected chi connectivity index (χ0v) is 11.1. The average Bonchev–Trinajstić information content (AvgIpc) is 2.22. The Bertz CT molecular complexity index is 392. The number of aryl methyl sites for hydroxylation is 1. The van der Waals surface area contributed by atoms with E-state index in [1.807, 2.05) is 13.0 Å². The Hall–Kier alpha value is -0.810. The van der Waals surface area contributed by atoms with E-state index in [0.717, 1.165) is 22.9 Å². The molecule has 0 fully saturated rings. The fourth-order valence-electron chi connectivity index (χ4n) is 1.94. The summed E-state index contributed by atoms with van der Waals surface area (Å²) in [6.45, 7) is 6.20. The van der Waals surface area contributed by atoms with Crippen molar-refractivity contribution in [3.05, 3.63) is 33.8 Å². The zero-order chi connectivity index (χ0) is 11.5. The predicted molar refractivity (Wildman–Crippen MR) is 66.8 cm³/mol. The van der Waals surface area contributed by atoms with Crippen LogP contribution in [0.3, 0.4) is 0 Å². The standard InChI is InChI=1S/C13H16BrN/c1-4-7-13(3,9-15)12-8-11(14)6-5-10(12)2/h5-6,8H,4,7H2,1-3H3. The third kappa shape index (κ3) is 2.60. The van der Waals surface area contributed by atoms with E-state index in [-0.39, 0.29) is 5.41 Å². The molecule has 0 saturated heterocycles. The molecule has 1 rings (SSSR count). The van der Waals surface area contributed by atoms with Gasteiger partial charge in [-0.05, 0) is 43.5 Å². The summed E-state index contributed by atoms with van der Waals surface area (Å²) >= 11 is 3.46. The highest BCUT2D eigenvalue weighted by Gasteiger charge is 2.27. The van der Waals surface area contributed by atoms with Crippen molar-refractivity contribution >= 4 is 15.9 Å². The molecule has 1 aromatic rings. The van der Waals surface area contributed by atoms with E-state index in [2.05, 4.69) is 48.0 Å². The van der Waals surface area contributed by atoms with Crippen LogP contribution < -0.4 is 0 Å². The Labute approximate surface area is 100 Å². The lowest BCUT2D eigenvalue weighted by Gasteiger charge is -2.23. The molecule has 2 heteroatoms. The highest BCUT2D eigenvalue weighted by molar-refractivity contribution is 9.10. The summed E-state index contributed by atoms with van der Waals surface area (Å²) in [5, 5.41) is 9.32. The van der Waals surface area contributed by atoms with E-state index in [1.54, 1.807) is 0 Å². The monoisotopic (exact) mass is 265 g/mol. The molecule has 0 spiro atoms. The Balaban J connectivity index is 3.24.